The predicted octanol–water partition coefficient (Wildman–Crippen LogP) is 0.928. The molecule has 0 saturated carbocycles. The van der Waals surface area contributed by atoms with Gasteiger partial charge in [0, 0.05) is 12.3 Å². The molecule has 0 aromatic heterocycles. The number of methoxy groups -OCH3 is 1. The second-order valence-electron chi connectivity index (χ2n) is 4.66. The maximum absolute atomic E-state index is 12.0. The average molecular weight is 290 g/mol. The monoisotopic (exact) mass is 290 g/mol. The minimum absolute atomic E-state index is 0.0848. The van der Waals surface area contributed by atoms with E-state index in [1.165, 1.54) is 7.11 Å². The van der Waals surface area contributed by atoms with Crippen molar-refractivity contribution in [2.45, 2.75) is 25.5 Å². The molecule has 3 atom stereocenters. The molecule has 21 heavy (non-hydrogen) atoms. The molecule has 6 nitrogen and oxygen atoms in total. The van der Waals surface area contributed by atoms with E-state index in [9.17, 15) is 14.7 Å². The maximum atomic E-state index is 12.0. The highest BCUT2D eigenvalue weighted by molar-refractivity contribution is 5.87. The van der Waals surface area contributed by atoms with Gasteiger partial charge in [0.25, 0.3) is 5.91 Å². The van der Waals surface area contributed by atoms with E-state index in [2.05, 4.69) is 10.1 Å². The molecule has 0 aliphatic carbocycles. The Balaban J connectivity index is 2.81. The third-order valence-corrected chi connectivity index (χ3v) is 3.10. The van der Waals surface area contributed by atoms with Crippen LogP contribution in [0.5, 0.6) is 0 Å². The van der Waals surface area contributed by atoms with Gasteiger partial charge in [-0.25, -0.2) is 4.79 Å². The number of nitrogens with zero attached hydrogens (tertiary/aromatic N) is 1. The molecule has 2 N–H and O–H groups in total. The fourth-order valence-electron chi connectivity index (χ4n) is 1.84. The molecule has 1 amide bonds. The van der Waals surface area contributed by atoms with Gasteiger partial charge >= 0.3 is 5.97 Å². The number of carbonyl (C=O) groups is 2. The van der Waals surface area contributed by atoms with Crippen LogP contribution >= 0.6 is 0 Å². The smallest absolute Gasteiger partial charge is 0.328 e. The van der Waals surface area contributed by atoms with E-state index in [-0.39, 0.29) is 6.42 Å². The molecular formula is C15H18N2O4. The van der Waals surface area contributed by atoms with Gasteiger partial charge in [-0.1, -0.05) is 37.3 Å². The largest absolute Gasteiger partial charge is 0.467 e. The summed E-state index contributed by atoms with van der Waals surface area (Å²) in [6, 6.07) is 9.34. The molecular weight excluding hydrogens is 272 g/mol. The number of esters is 1. The number of hydrogen-bond acceptors (Lipinski definition) is 5. The fraction of sp³-hybridized carbons (Fsp3) is 0.400. The van der Waals surface area contributed by atoms with Crippen LogP contribution in [-0.2, 0) is 14.3 Å². The molecule has 0 heterocycles. The second-order valence-corrected chi connectivity index (χ2v) is 4.66. The lowest BCUT2D eigenvalue weighted by Gasteiger charge is -2.22. The Hall–Kier alpha value is -2.39. The number of rotatable bonds is 6. The van der Waals surface area contributed by atoms with Crippen LogP contribution in [0.25, 0.3) is 0 Å². The molecule has 0 bridgehead atoms. The molecule has 0 saturated heterocycles. The normalized spacial score (nSPS) is 14.4. The fourth-order valence-corrected chi connectivity index (χ4v) is 1.84. The van der Waals surface area contributed by atoms with E-state index >= 15 is 0 Å². The number of aliphatic hydroxyl groups is 1. The summed E-state index contributed by atoms with van der Waals surface area (Å²) in [5, 5.41) is 21.1. The van der Waals surface area contributed by atoms with Crippen LogP contribution in [0.15, 0.2) is 30.3 Å². The minimum atomic E-state index is -1.38. The van der Waals surface area contributed by atoms with Crippen molar-refractivity contribution < 1.29 is 19.4 Å². The molecule has 0 fully saturated rings. The standard InChI is InChI=1S/C15H18N2O4/c1-10(8-9-16)12(15(20)21-2)17-14(19)13(18)11-6-4-3-5-7-11/h3-7,10,12-13,18H,8H2,1-2H3,(H,17,19)/t10-,12-,13+/m1/s1. The Morgan fingerprint density at radius 3 is 2.52 bits per heavy atom. The summed E-state index contributed by atoms with van der Waals surface area (Å²) in [5.74, 6) is -1.78. The number of aliphatic hydroxyl groups excluding tert-OH is 1. The van der Waals surface area contributed by atoms with Crippen LogP contribution in [-0.4, -0.2) is 30.1 Å². The number of amides is 1. The highest BCUT2D eigenvalue weighted by Crippen LogP contribution is 2.15. The van der Waals surface area contributed by atoms with E-state index in [0.29, 0.717) is 5.56 Å². The van der Waals surface area contributed by atoms with Crippen molar-refractivity contribution in [3.05, 3.63) is 35.9 Å². The first-order chi connectivity index (χ1) is 10.0. The Kier molecular flexibility index (Phi) is 6.37. The van der Waals surface area contributed by atoms with Gasteiger partial charge in [0.05, 0.1) is 13.2 Å². The molecule has 0 aliphatic rings. The summed E-state index contributed by atoms with van der Waals surface area (Å²) in [7, 11) is 1.20. The van der Waals surface area contributed by atoms with Gasteiger partial charge in [-0.05, 0) is 5.56 Å². The zero-order chi connectivity index (χ0) is 15.8. The summed E-state index contributed by atoms with van der Waals surface area (Å²) < 4.78 is 4.62. The first-order valence-electron chi connectivity index (χ1n) is 6.49. The summed E-state index contributed by atoms with van der Waals surface area (Å²) in [6.07, 6.45) is -1.30. The number of hydrogen-bond donors (Lipinski definition) is 2. The van der Waals surface area contributed by atoms with E-state index in [1.807, 2.05) is 6.07 Å². The molecule has 0 radical (unpaired) electrons. The topological polar surface area (TPSA) is 99.4 Å². The third kappa shape index (κ3) is 4.58. The lowest BCUT2D eigenvalue weighted by Crippen LogP contribution is -2.47. The third-order valence-electron chi connectivity index (χ3n) is 3.10. The average Bonchev–Trinajstić information content (AvgIpc) is 2.51. The van der Waals surface area contributed by atoms with Crippen LogP contribution in [0, 0.1) is 17.2 Å². The van der Waals surface area contributed by atoms with Crippen LogP contribution < -0.4 is 5.32 Å². The lowest BCUT2D eigenvalue weighted by molar-refractivity contribution is -0.147. The summed E-state index contributed by atoms with van der Waals surface area (Å²) in [6.45, 7) is 1.65. The van der Waals surface area contributed by atoms with Gasteiger partial charge in [0.15, 0.2) is 6.10 Å². The Morgan fingerprint density at radius 2 is 2.00 bits per heavy atom. The highest BCUT2D eigenvalue weighted by Gasteiger charge is 2.30. The van der Waals surface area contributed by atoms with E-state index in [4.69, 9.17) is 5.26 Å². The molecule has 6 heteroatoms. The molecule has 1 aromatic carbocycles. The van der Waals surface area contributed by atoms with Gasteiger partial charge in [-0.3, -0.25) is 4.79 Å². The number of nitriles is 1. The Bertz CT molecular complexity index is 524. The van der Waals surface area contributed by atoms with Gasteiger partial charge in [0.2, 0.25) is 0 Å². The SMILES string of the molecule is COC(=O)[C@H](NC(=O)[C@@H](O)c1ccccc1)[C@H](C)CC#N. The zero-order valence-electron chi connectivity index (χ0n) is 11.9. The van der Waals surface area contributed by atoms with Crippen LogP contribution in [0.3, 0.4) is 0 Å². The van der Waals surface area contributed by atoms with Crippen molar-refractivity contribution in [2.24, 2.45) is 5.92 Å². The molecule has 0 aliphatic heterocycles. The molecule has 1 rings (SSSR count). The first-order valence-corrected chi connectivity index (χ1v) is 6.49. The molecule has 0 unspecified atom stereocenters. The van der Waals surface area contributed by atoms with Gasteiger partial charge in [-0.2, -0.15) is 5.26 Å². The van der Waals surface area contributed by atoms with Crippen LogP contribution in [0.1, 0.15) is 25.0 Å². The van der Waals surface area contributed by atoms with Crippen LogP contribution in [0.4, 0.5) is 0 Å². The van der Waals surface area contributed by atoms with E-state index < -0.39 is 29.9 Å². The van der Waals surface area contributed by atoms with Gasteiger partial charge in [0.1, 0.15) is 6.04 Å². The van der Waals surface area contributed by atoms with Crippen molar-refractivity contribution in [1.29, 1.82) is 5.26 Å². The van der Waals surface area contributed by atoms with Crippen molar-refractivity contribution in [3.8, 4) is 6.07 Å². The zero-order valence-corrected chi connectivity index (χ0v) is 11.9. The Labute approximate surface area is 123 Å². The van der Waals surface area contributed by atoms with Crippen molar-refractivity contribution >= 4 is 11.9 Å². The van der Waals surface area contributed by atoms with Gasteiger partial charge < -0.3 is 15.2 Å². The van der Waals surface area contributed by atoms with E-state index in [0.717, 1.165) is 0 Å². The lowest BCUT2D eigenvalue weighted by atomic mass is 9.98. The van der Waals surface area contributed by atoms with Crippen molar-refractivity contribution in [1.82, 2.24) is 5.32 Å². The molecule has 112 valence electrons. The van der Waals surface area contributed by atoms with Gasteiger partial charge in [-0.15, -0.1) is 0 Å². The predicted molar refractivity (Wildman–Crippen MR) is 74.7 cm³/mol. The minimum Gasteiger partial charge on any atom is -0.467 e. The number of nitrogens with one attached hydrogen (secondary N) is 1. The van der Waals surface area contributed by atoms with Crippen molar-refractivity contribution in [2.75, 3.05) is 7.11 Å². The molecule has 1 aromatic rings. The summed E-state index contributed by atoms with van der Waals surface area (Å²) in [4.78, 5) is 23.7. The first kappa shape index (κ1) is 16.7. The highest BCUT2D eigenvalue weighted by atomic mass is 16.5. The number of benzene rings is 1. The van der Waals surface area contributed by atoms with Crippen molar-refractivity contribution in [3.63, 3.8) is 0 Å². The van der Waals surface area contributed by atoms with Crippen LogP contribution in [0.2, 0.25) is 0 Å². The summed E-state index contributed by atoms with van der Waals surface area (Å²) >= 11 is 0. The second kappa shape index (κ2) is 8.02. The molecule has 0 spiro atoms. The number of ether oxygens (including phenoxy) is 1. The summed E-state index contributed by atoms with van der Waals surface area (Å²) in [5.41, 5.74) is 0.423. The van der Waals surface area contributed by atoms with E-state index in [1.54, 1.807) is 37.3 Å². The number of carbonyl (C=O) groups excluding carboxylic acids is 2. The maximum Gasteiger partial charge on any atom is 0.328 e. The quantitative estimate of drug-likeness (QED) is 0.759. The Morgan fingerprint density at radius 1 is 1.38 bits per heavy atom.